The summed E-state index contributed by atoms with van der Waals surface area (Å²) in [5.41, 5.74) is 0.253. The first-order valence-corrected chi connectivity index (χ1v) is 7.34. The summed E-state index contributed by atoms with van der Waals surface area (Å²) in [6.45, 7) is 1.87. The highest BCUT2D eigenvalue weighted by Crippen LogP contribution is 2.24. The molecule has 0 aromatic heterocycles. The van der Waals surface area contributed by atoms with Gasteiger partial charge < -0.3 is 20.3 Å². The minimum Gasteiger partial charge on any atom is -0.378 e. The van der Waals surface area contributed by atoms with E-state index in [9.17, 15) is 14.0 Å². The van der Waals surface area contributed by atoms with Crippen LogP contribution in [-0.2, 0) is 14.3 Å². The van der Waals surface area contributed by atoms with Gasteiger partial charge in [0.05, 0.1) is 18.9 Å². The van der Waals surface area contributed by atoms with Gasteiger partial charge >= 0.3 is 0 Å². The van der Waals surface area contributed by atoms with E-state index >= 15 is 0 Å². The standard InChI is InChI=1S/C15H18FN3O3/c16-10-3-1-2-4-13(10)19-7-5-11(15(19)21)18-14(20)12-9-22-8-6-17-12/h1-4,11-12,17H,5-9H2,(H,18,20). The summed E-state index contributed by atoms with van der Waals surface area (Å²) in [4.78, 5) is 25.9. The molecule has 2 heterocycles. The van der Waals surface area contributed by atoms with E-state index in [-0.39, 0.29) is 17.5 Å². The molecule has 2 N–H and O–H groups in total. The first-order chi connectivity index (χ1) is 10.7. The molecule has 2 amide bonds. The normalized spacial score (nSPS) is 25.3. The lowest BCUT2D eigenvalue weighted by atomic mass is 10.2. The first-order valence-electron chi connectivity index (χ1n) is 7.34. The van der Waals surface area contributed by atoms with Gasteiger partial charge in [0.2, 0.25) is 11.8 Å². The van der Waals surface area contributed by atoms with Crippen molar-refractivity contribution < 1.29 is 18.7 Å². The van der Waals surface area contributed by atoms with Crippen molar-refractivity contribution in [2.45, 2.75) is 18.5 Å². The van der Waals surface area contributed by atoms with Crippen molar-refractivity contribution >= 4 is 17.5 Å². The maximum Gasteiger partial charge on any atom is 0.249 e. The Morgan fingerprint density at radius 2 is 2.23 bits per heavy atom. The van der Waals surface area contributed by atoms with Crippen LogP contribution >= 0.6 is 0 Å². The zero-order chi connectivity index (χ0) is 15.5. The van der Waals surface area contributed by atoms with Gasteiger partial charge in [0.15, 0.2) is 0 Å². The number of rotatable bonds is 3. The van der Waals surface area contributed by atoms with Gasteiger partial charge in [-0.15, -0.1) is 0 Å². The Bertz CT molecular complexity index is 575. The minimum atomic E-state index is -0.615. The average molecular weight is 307 g/mol. The summed E-state index contributed by atoms with van der Waals surface area (Å²) in [5, 5.41) is 5.76. The summed E-state index contributed by atoms with van der Waals surface area (Å²) in [5.74, 6) is -0.978. The summed E-state index contributed by atoms with van der Waals surface area (Å²) < 4.78 is 19.0. The highest BCUT2D eigenvalue weighted by atomic mass is 19.1. The molecule has 22 heavy (non-hydrogen) atoms. The molecule has 6 nitrogen and oxygen atoms in total. The van der Waals surface area contributed by atoms with Gasteiger partial charge in [-0.05, 0) is 18.6 Å². The molecule has 7 heteroatoms. The third-order valence-corrected chi connectivity index (χ3v) is 3.90. The molecule has 118 valence electrons. The van der Waals surface area contributed by atoms with E-state index in [0.29, 0.717) is 32.7 Å². The second kappa shape index (κ2) is 6.41. The number of morpholine rings is 1. The van der Waals surface area contributed by atoms with Gasteiger partial charge in [-0.3, -0.25) is 9.59 Å². The van der Waals surface area contributed by atoms with Gasteiger partial charge in [0.1, 0.15) is 17.9 Å². The van der Waals surface area contributed by atoms with Crippen molar-refractivity contribution in [3.63, 3.8) is 0 Å². The Morgan fingerprint density at radius 3 is 2.95 bits per heavy atom. The average Bonchev–Trinajstić information content (AvgIpc) is 2.90. The molecule has 0 aliphatic carbocycles. The molecule has 0 spiro atoms. The van der Waals surface area contributed by atoms with Crippen molar-refractivity contribution in [1.82, 2.24) is 10.6 Å². The maximum atomic E-state index is 13.8. The van der Waals surface area contributed by atoms with Crippen LogP contribution in [0.4, 0.5) is 10.1 Å². The van der Waals surface area contributed by atoms with Crippen molar-refractivity contribution in [3.8, 4) is 0 Å². The monoisotopic (exact) mass is 307 g/mol. The van der Waals surface area contributed by atoms with Crippen LogP contribution in [-0.4, -0.2) is 50.2 Å². The molecule has 0 radical (unpaired) electrons. The third-order valence-electron chi connectivity index (χ3n) is 3.90. The zero-order valence-corrected chi connectivity index (χ0v) is 12.0. The number of nitrogens with zero attached hydrogens (tertiary/aromatic N) is 1. The van der Waals surface area contributed by atoms with E-state index in [0.717, 1.165) is 0 Å². The molecule has 0 bridgehead atoms. The molecular formula is C15H18FN3O3. The molecule has 2 unspecified atom stereocenters. The quantitative estimate of drug-likeness (QED) is 0.827. The number of carbonyl (C=O) groups excluding carboxylic acids is 2. The van der Waals surface area contributed by atoms with Crippen LogP contribution in [0.3, 0.4) is 0 Å². The van der Waals surface area contributed by atoms with Gasteiger partial charge in [-0.25, -0.2) is 4.39 Å². The highest BCUT2D eigenvalue weighted by Gasteiger charge is 2.36. The summed E-state index contributed by atoms with van der Waals surface area (Å²) in [6.07, 6.45) is 0.465. The SMILES string of the molecule is O=C(NC1CCN(c2ccccc2F)C1=O)C1COCCN1. The minimum absolute atomic E-state index is 0.253. The maximum absolute atomic E-state index is 13.8. The van der Waals surface area contributed by atoms with E-state index in [1.165, 1.54) is 11.0 Å². The van der Waals surface area contributed by atoms with Crippen LogP contribution in [0.25, 0.3) is 0 Å². The number of hydrogen-bond acceptors (Lipinski definition) is 4. The van der Waals surface area contributed by atoms with E-state index in [2.05, 4.69) is 10.6 Å². The Morgan fingerprint density at radius 1 is 1.41 bits per heavy atom. The van der Waals surface area contributed by atoms with Crippen LogP contribution < -0.4 is 15.5 Å². The number of benzene rings is 1. The van der Waals surface area contributed by atoms with Crippen LogP contribution in [0.5, 0.6) is 0 Å². The molecule has 2 aliphatic rings. The van der Waals surface area contributed by atoms with Crippen LogP contribution in [0.15, 0.2) is 24.3 Å². The number of amides is 2. The van der Waals surface area contributed by atoms with Crippen molar-refractivity contribution in [3.05, 3.63) is 30.1 Å². The molecule has 1 aromatic rings. The topological polar surface area (TPSA) is 70.7 Å². The largest absolute Gasteiger partial charge is 0.378 e. The summed E-state index contributed by atoms with van der Waals surface area (Å²) in [7, 11) is 0. The highest BCUT2D eigenvalue weighted by molar-refractivity contribution is 6.01. The van der Waals surface area contributed by atoms with E-state index in [1.54, 1.807) is 18.2 Å². The number of hydrogen-bond donors (Lipinski definition) is 2. The van der Waals surface area contributed by atoms with Crippen LogP contribution in [0, 0.1) is 5.82 Å². The second-order valence-electron chi connectivity index (χ2n) is 5.37. The molecule has 2 aliphatic heterocycles. The fraction of sp³-hybridized carbons (Fsp3) is 0.467. The fourth-order valence-electron chi connectivity index (χ4n) is 2.73. The Labute approximate surface area is 127 Å². The molecule has 0 saturated carbocycles. The van der Waals surface area contributed by atoms with Crippen molar-refractivity contribution in [2.75, 3.05) is 31.2 Å². The number of para-hydroxylation sites is 1. The van der Waals surface area contributed by atoms with Crippen molar-refractivity contribution in [1.29, 1.82) is 0 Å². The summed E-state index contributed by atoms with van der Waals surface area (Å²) in [6, 6.07) is 5.08. The molecular weight excluding hydrogens is 289 g/mol. The van der Waals surface area contributed by atoms with E-state index < -0.39 is 17.9 Å². The fourth-order valence-corrected chi connectivity index (χ4v) is 2.73. The predicted octanol–water partition coefficient (Wildman–Crippen LogP) is 0.0356. The van der Waals surface area contributed by atoms with Crippen LogP contribution in [0.2, 0.25) is 0 Å². The number of nitrogens with one attached hydrogen (secondary N) is 2. The van der Waals surface area contributed by atoms with Crippen LogP contribution in [0.1, 0.15) is 6.42 Å². The van der Waals surface area contributed by atoms with Gasteiger partial charge in [-0.1, -0.05) is 12.1 Å². The molecule has 1 aromatic carbocycles. The Kier molecular flexibility index (Phi) is 4.35. The summed E-state index contributed by atoms with van der Waals surface area (Å²) >= 11 is 0. The molecule has 3 rings (SSSR count). The predicted molar refractivity (Wildman–Crippen MR) is 77.9 cm³/mol. The van der Waals surface area contributed by atoms with Gasteiger partial charge in [-0.2, -0.15) is 0 Å². The number of anilines is 1. The zero-order valence-electron chi connectivity index (χ0n) is 12.0. The molecule has 2 fully saturated rings. The van der Waals surface area contributed by atoms with Crippen molar-refractivity contribution in [2.24, 2.45) is 0 Å². The number of halogens is 1. The number of carbonyl (C=O) groups is 2. The lowest BCUT2D eigenvalue weighted by molar-refractivity contribution is -0.129. The molecule has 2 atom stereocenters. The van der Waals surface area contributed by atoms with Gasteiger partial charge in [0, 0.05) is 13.1 Å². The first kappa shape index (κ1) is 14.9. The third kappa shape index (κ3) is 2.95. The van der Waals surface area contributed by atoms with Gasteiger partial charge in [0.25, 0.3) is 0 Å². The Hall–Kier alpha value is -1.99. The van der Waals surface area contributed by atoms with E-state index in [1.807, 2.05) is 0 Å². The van der Waals surface area contributed by atoms with E-state index in [4.69, 9.17) is 4.74 Å². The lowest BCUT2D eigenvalue weighted by Crippen LogP contribution is -2.54. The second-order valence-corrected chi connectivity index (χ2v) is 5.37. The Balaban J connectivity index is 1.64. The number of ether oxygens (including phenoxy) is 1. The smallest absolute Gasteiger partial charge is 0.249 e. The molecule has 2 saturated heterocycles. The lowest BCUT2D eigenvalue weighted by Gasteiger charge is -2.24.